The molecular weight excluding hydrogens is 563 g/mol. The molecule has 2 saturated heterocycles. The normalized spacial score (nSPS) is 17.5. The number of piperidine rings is 1. The molecule has 232 valence electrons. The molecular formula is C32H38F3N3O5. The number of carbonyl (C=O) groups is 1. The van der Waals surface area contributed by atoms with Gasteiger partial charge in [0.25, 0.3) is 0 Å². The molecule has 3 heterocycles. The van der Waals surface area contributed by atoms with E-state index in [1.165, 1.54) is 6.07 Å². The van der Waals surface area contributed by atoms with Gasteiger partial charge in [-0.25, -0.2) is 9.78 Å². The summed E-state index contributed by atoms with van der Waals surface area (Å²) in [4.78, 5) is 22.4. The number of aromatic carboxylic acids is 1. The maximum Gasteiger partial charge on any atom is 0.416 e. The molecule has 0 spiro atoms. The quantitative estimate of drug-likeness (QED) is 0.315. The van der Waals surface area contributed by atoms with Crippen LogP contribution >= 0.6 is 0 Å². The summed E-state index contributed by atoms with van der Waals surface area (Å²) in [5, 5.41) is 10.9. The van der Waals surface area contributed by atoms with Crippen molar-refractivity contribution < 1.29 is 37.3 Å². The molecule has 43 heavy (non-hydrogen) atoms. The number of alkyl halides is 3. The second kappa shape index (κ2) is 13.1. The lowest BCUT2D eigenvalue weighted by Crippen LogP contribution is -2.48. The average Bonchev–Trinajstić information content (AvgIpc) is 2.97. The van der Waals surface area contributed by atoms with Gasteiger partial charge in [0.05, 0.1) is 48.3 Å². The Balaban J connectivity index is 1.62. The van der Waals surface area contributed by atoms with Crippen LogP contribution in [-0.4, -0.2) is 84.0 Å². The fourth-order valence-corrected chi connectivity index (χ4v) is 6.01. The Morgan fingerprint density at radius 1 is 1.09 bits per heavy atom. The summed E-state index contributed by atoms with van der Waals surface area (Å²) in [6.07, 6.45) is -2.94. The highest BCUT2D eigenvalue weighted by atomic mass is 19.4. The third-order valence-corrected chi connectivity index (χ3v) is 7.99. The summed E-state index contributed by atoms with van der Waals surface area (Å²) < 4.78 is 58.5. The van der Waals surface area contributed by atoms with Gasteiger partial charge in [0, 0.05) is 48.3 Å². The Hall–Kier alpha value is -3.41. The maximum atomic E-state index is 13.7. The van der Waals surface area contributed by atoms with E-state index in [4.69, 9.17) is 19.2 Å². The molecule has 0 saturated carbocycles. The van der Waals surface area contributed by atoms with E-state index in [9.17, 15) is 23.1 Å². The molecule has 0 atom stereocenters. The van der Waals surface area contributed by atoms with E-state index in [1.807, 2.05) is 20.8 Å². The molecule has 1 N–H and O–H groups in total. The van der Waals surface area contributed by atoms with Gasteiger partial charge in [0.1, 0.15) is 0 Å². The van der Waals surface area contributed by atoms with Gasteiger partial charge in [0.15, 0.2) is 11.5 Å². The monoisotopic (exact) mass is 601 g/mol. The predicted octanol–water partition coefficient (Wildman–Crippen LogP) is 6.10. The molecule has 2 aliphatic rings. The molecule has 0 radical (unpaired) electrons. The third-order valence-electron chi connectivity index (χ3n) is 7.99. The van der Waals surface area contributed by atoms with E-state index >= 15 is 0 Å². The van der Waals surface area contributed by atoms with Crippen molar-refractivity contribution >= 4 is 16.9 Å². The second-order valence-electron chi connectivity index (χ2n) is 11.3. The Morgan fingerprint density at radius 3 is 2.44 bits per heavy atom. The van der Waals surface area contributed by atoms with E-state index < -0.39 is 17.7 Å². The largest absolute Gasteiger partial charge is 0.490 e. The number of halogens is 3. The average molecular weight is 602 g/mol. The van der Waals surface area contributed by atoms with Crippen molar-refractivity contribution in [3.63, 3.8) is 0 Å². The minimum absolute atomic E-state index is 0.00441. The zero-order chi connectivity index (χ0) is 30.7. The van der Waals surface area contributed by atoms with E-state index in [1.54, 1.807) is 18.2 Å². The third kappa shape index (κ3) is 7.05. The Morgan fingerprint density at radius 2 is 1.81 bits per heavy atom. The van der Waals surface area contributed by atoms with Crippen molar-refractivity contribution in [2.24, 2.45) is 0 Å². The molecule has 0 aliphatic carbocycles. The van der Waals surface area contributed by atoms with Crippen LogP contribution in [0.25, 0.3) is 22.2 Å². The van der Waals surface area contributed by atoms with Crippen LogP contribution in [0.3, 0.4) is 0 Å². The number of likely N-dealkylation sites (tertiary alicyclic amines) is 1. The lowest BCUT2D eigenvalue weighted by atomic mass is 9.94. The maximum absolute atomic E-state index is 13.7. The van der Waals surface area contributed by atoms with Crippen molar-refractivity contribution in [2.75, 3.05) is 46.0 Å². The van der Waals surface area contributed by atoms with Gasteiger partial charge in [-0.05, 0) is 64.9 Å². The standard InChI is InChI=1S/C32H38F3N3O5/c1-4-42-27-17-24-26(18-28(27)43-20(2)3)36-30(21-6-5-7-22(16-21)32(33,34)35)25(29(24)31(39)40)19-37-10-8-23(9-11-37)38-12-14-41-15-13-38/h5-7,16-18,20,23H,4,8-15,19H2,1-3H3,(H,39,40). The van der Waals surface area contributed by atoms with E-state index in [-0.39, 0.29) is 29.5 Å². The molecule has 2 aliphatic heterocycles. The number of morpholine rings is 1. The number of nitrogens with zero attached hydrogens (tertiary/aromatic N) is 3. The van der Waals surface area contributed by atoms with E-state index in [0.717, 1.165) is 64.4 Å². The molecule has 5 rings (SSSR count). The smallest absolute Gasteiger partial charge is 0.416 e. The number of hydrogen-bond donors (Lipinski definition) is 1. The predicted molar refractivity (Wildman–Crippen MR) is 157 cm³/mol. The van der Waals surface area contributed by atoms with Gasteiger partial charge < -0.3 is 19.3 Å². The number of aromatic nitrogens is 1. The van der Waals surface area contributed by atoms with Crippen LogP contribution in [0.2, 0.25) is 0 Å². The minimum atomic E-state index is -4.56. The molecule has 11 heteroatoms. The molecule has 3 aromatic rings. The van der Waals surface area contributed by atoms with E-state index in [0.29, 0.717) is 40.6 Å². The van der Waals surface area contributed by atoms with Gasteiger partial charge in [0.2, 0.25) is 0 Å². The van der Waals surface area contributed by atoms with Crippen LogP contribution in [0.4, 0.5) is 13.2 Å². The second-order valence-corrected chi connectivity index (χ2v) is 11.3. The van der Waals surface area contributed by atoms with Crippen LogP contribution in [0, 0.1) is 0 Å². The van der Waals surface area contributed by atoms with Crippen molar-refractivity contribution in [3.8, 4) is 22.8 Å². The highest BCUT2D eigenvalue weighted by Gasteiger charge is 2.32. The fraction of sp³-hybridized carbons (Fsp3) is 0.500. The van der Waals surface area contributed by atoms with Crippen LogP contribution < -0.4 is 9.47 Å². The van der Waals surface area contributed by atoms with Crippen molar-refractivity contribution in [3.05, 3.63) is 53.1 Å². The molecule has 2 aromatic carbocycles. The number of pyridine rings is 1. The first-order valence-electron chi connectivity index (χ1n) is 14.8. The topological polar surface area (TPSA) is 84.4 Å². The molecule has 2 fully saturated rings. The number of benzene rings is 2. The highest BCUT2D eigenvalue weighted by molar-refractivity contribution is 6.06. The van der Waals surface area contributed by atoms with Crippen LogP contribution in [-0.2, 0) is 17.5 Å². The summed E-state index contributed by atoms with van der Waals surface area (Å²) >= 11 is 0. The first-order valence-corrected chi connectivity index (χ1v) is 14.8. The summed E-state index contributed by atoms with van der Waals surface area (Å²) in [7, 11) is 0. The summed E-state index contributed by atoms with van der Waals surface area (Å²) in [6.45, 7) is 10.8. The lowest BCUT2D eigenvalue weighted by molar-refractivity contribution is -0.137. The Labute approximate surface area is 249 Å². The zero-order valence-corrected chi connectivity index (χ0v) is 24.7. The summed E-state index contributed by atoms with van der Waals surface area (Å²) in [6, 6.07) is 8.57. The highest BCUT2D eigenvalue weighted by Crippen LogP contribution is 2.40. The number of carboxylic acids is 1. The minimum Gasteiger partial charge on any atom is -0.490 e. The number of carboxylic acid groups (broad SMARTS) is 1. The van der Waals surface area contributed by atoms with Gasteiger partial charge in [-0.1, -0.05) is 12.1 Å². The molecule has 8 nitrogen and oxygen atoms in total. The van der Waals surface area contributed by atoms with E-state index in [2.05, 4.69) is 9.80 Å². The van der Waals surface area contributed by atoms with Gasteiger partial charge in [-0.15, -0.1) is 0 Å². The summed E-state index contributed by atoms with van der Waals surface area (Å²) in [5.41, 5.74) is 0.285. The number of fused-ring (bicyclic) bond motifs is 1. The van der Waals surface area contributed by atoms with Gasteiger partial charge in [-0.2, -0.15) is 13.2 Å². The number of rotatable bonds is 9. The zero-order valence-electron chi connectivity index (χ0n) is 24.7. The molecule has 0 bridgehead atoms. The van der Waals surface area contributed by atoms with Crippen molar-refractivity contribution in [2.45, 2.75) is 58.5 Å². The van der Waals surface area contributed by atoms with Crippen LogP contribution in [0.5, 0.6) is 11.5 Å². The fourth-order valence-electron chi connectivity index (χ4n) is 6.01. The van der Waals surface area contributed by atoms with Crippen LogP contribution in [0.15, 0.2) is 36.4 Å². The number of hydrogen-bond acceptors (Lipinski definition) is 7. The molecule has 0 unspecified atom stereocenters. The van der Waals surface area contributed by atoms with Gasteiger partial charge >= 0.3 is 12.1 Å². The lowest BCUT2D eigenvalue weighted by Gasteiger charge is -2.40. The first kappa shape index (κ1) is 31.0. The first-order chi connectivity index (χ1) is 20.5. The Bertz CT molecular complexity index is 1450. The molecule has 0 amide bonds. The SMILES string of the molecule is CCOc1cc2c(C(=O)O)c(CN3CCC(N4CCOCC4)CC3)c(-c3cccc(C(F)(F)F)c3)nc2cc1OC(C)C. The number of ether oxygens (including phenoxy) is 3. The van der Waals surface area contributed by atoms with Gasteiger partial charge in [-0.3, -0.25) is 9.80 Å². The van der Waals surface area contributed by atoms with Crippen molar-refractivity contribution in [1.82, 2.24) is 14.8 Å². The Kier molecular flexibility index (Phi) is 9.43. The van der Waals surface area contributed by atoms with Crippen molar-refractivity contribution in [1.29, 1.82) is 0 Å². The van der Waals surface area contributed by atoms with Crippen LogP contribution in [0.1, 0.15) is 55.1 Å². The molecule has 1 aromatic heterocycles. The summed E-state index contributed by atoms with van der Waals surface area (Å²) in [5.74, 6) is -0.406.